The van der Waals surface area contributed by atoms with Crippen molar-refractivity contribution in [2.24, 2.45) is 0 Å². The van der Waals surface area contributed by atoms with Gasteiger partial charge in [0.2, 0.25) is 5.91 Å². The van der Waals surface area contributed by atoms with E-state index in [1.54, 1.807) is 13.8 Å². The van der Waals surface area contributed by atoms with Crippen molar-refractivity contribution in [3.8, 4) is 0 Å². The quantitative estimate of drug-likeness (QED) is 0.681. The van der Waals surface area contributed by atoms with E-state index in [2.05, 4.69) is 15.4 Å². The Morgan fingerprint density at radius 3 is 2.43 bits per heavy atom. The number of amides is 4. The molecule has 0 unspecified atom stereocenters. The maximum Gasteiger partial charge on any atom is 0.328 e. The number of nitrogens with one attached hydrogen (secondary N) is 2. The van der Waals surface area contributed by atoms with Crippen LogP contribution in [-0.2, 0) is 14.3 Å². The molecule has 1 heterocycles. The van der Waals surface area contributed by atoms with E-state index in [-0.39, 0.29) is 31.2 Å². The van der Waals surface area contributed by atoms with Crippen molar-refractivity contribution in [3.05, 3.63) is 35.6 Å². The molecule has 0 saturated carbocycles. The number of hydrogen-bond acceptors (Lipinski definition) is 5. The summed E-state index contributed by atoms with van der Waals surface area (Å²) in [5, 5.41) is 5.24. The number of rotatable bonds is 5. The topological polar surface area (TPSA) is 108 Å². The van der Waals surface area contributed by atoms with Gasteiger partial charge in [0.25, 0.3) is 5.91 Å². The third-order valence-corrected chi connectivity index (χ3v) is 4.63. The highest BCUT2D eigenvalue weighted by Gasteiger charge is 2.38. The van der Waals surface area contributed by atoms with E-state index in [1.807, 2.05) is 0 Å². The average Bonchev–Trinajstić information content (AvgIpc) is 2.71. The zero-order valence-electron chi connectivity index (χ0n) is 17.5. The molecule has 0 bridgehead atoms. The van der Waals surface area contributed by atoms with E-state index in [9.17, 15) is 23.6 Å². The first kappa shape index (κ1) is 23.1. The first-order chi connectivity index (χ1) is 14.1. The van der Waals surface area contributed by atoms with Gasteiger partial charge in [0, 0.05) is 24.7 Å². The highest BCUT2D eigenvalue weighted by Crippen LogP contribution is 2.15. The highest BCUT2D eigenvalue weighted by atomic mass is 19.1. The molecule has 1 aromatic rings. The van der Waals surface area contributed by atoms with Gasteiger partial charge in [-0.25, -0.2) is 14.0 Å². The van der Waals surface area contributed by atoms with Gasteiger partial charge in [-0.1, -0.05) is 6.07 Å². The standard InChI is InChI=1S/C20H27FN4O5/c1-12(2)22-20(29)25-9-8-24(18(27)14-6-5-7-15(21)10-14)11-16(25)17(26)23-13(3)19(28)30-4/h5-7,10,12-13,16H,8-9,11H2,1-4H3,(H,22,29)(H,23,26)/t13-,16-/m1/s1. The maximum absolute atomic E-state index is 13.5. The Hall–Kier alpha value is -3.17. The van der Waals surface area contributed by atoms with Crippen molar-refractivity contribution in [3.63, 3.8) is 0 Å². The van der Waals surface area contributed by atoms with Crippen LogP contribution in [0.15, 0.2) is 24.3 Å². The molecular weight excluding hydrogens is 395 g/mol. The van der Waals surface area contributed by atoms with Gasteiger partial charge in [-0.3, -0.25) is 9.59 Å². The molecular formula is C20H27FN4O5. The fourth-order valence-corrected chi connectivity index (χ4v) is 3.11. The number of methoxy groups -OCH3 is 1. The lowest BCUT2D eigenvalue weighted by molar-refractivity contribution is -0.145. The molecule has 1 fully saturated rings. The second kappa shape index (κ2) is 10.0. The van der Waals surface area contributed by atoms with Crippen LogP contribution in [0, 0.1) is 5.82 Å². The summed E-state index contributed by atoms with van der Waals surface area (Å²) >= 11 is 0. The van der Waals surface area contributed by atoms with Crippen LogP contribution < -0.4 is 10.6 Å². The number of nitrogens with zero attached hydrogens (tertiary/aromatic N) is 2. The maximum atomic E-state index is 13.5. The smallest absolute Gasteiger partial charge is 0.328 e. The second-order valence-corrected chi connectivity index (χ2v) is 7.33. The summed E-state index contributed by atoms with van der Waals surface area (Å²) in [7, 11) is 1.20. The number of carbonyl (C=O) groups is 4. The normalized spacial score (nSPS) is 17.3. The second-order valence-electron chi connectivity index (χ2n) is 7.33. The summed E-state index contributed by atoms with van der Waals surface area (Å²) in [4.78, 5) is 52.6. The van der Waals surface area contributed by atoms with E-state index in [4.69, 9.17) is 0 Å². The monoisotopic (exact) mass is 422 g/mol. The summed E-state index contributed by atoms with van der Waals surface area (Å²) in [5.41, 5.74) is 0.150. The minimum absolute atomic E-state index is 0.0966. The fourth-order valence-electron chi connectivity index (χ4n) is 3.11. The van der Waals surface area contributed by atoms with Gasteiger partial charge in [-0.2, -0.15) is 0 Å². The molecule has 10 heteroatoms. The number of urea groups is 1. The zero-order valence-corrected chi connectivity index (χ0v) is 17.5. The Morgan fingerprint density at radius 1 is 1.13 bits per heavy atom. The van der Waals surface area contributed by atoms with Gasteiger partial charge >= 0.3 is 12.0 Å². The number of piperazine rings is 1. The van der Waals surface area contributed by atoms with Gasteiger partial charge in [0.15, 0.2) is 0 Å². The van der Waals surface area contributed by atoms with Crippen LogP contribution in [0.25, 0.3) is 0 Å². The number of esters is 1. The Morgan fingerprint density at radius 2 is 1.83 bits per heavy atom. The van der Waals surface area contributed by atoms with E-state index in [0.717, 1.165) is 6.07 Å². The molecule has 0 spiro atoms. The van der Waals surface area contributed by atoms with Crippen LogP contribution >= 0.6 is 0 Å². The SMILES string of the molecule is COC(=O)[C@@H](C)NC(=O)[C@H]1CN(C(=O)c2cccc(F)c2)CCN1C(=O)NC(C)C. The van der Waals surface area contributed by atoms with Gasteiger partial charge in [-0.05, 0) is 39.0 Å². The van der Waals surface area contributed by atoms with Crippen molar-refractivity contribution in [2.45, 2.75) is 38.9 Å². The minimum atomic E-state index is -1.03. The Labute approximate surface area is 174 Å². The third-order valence-electron chi connectivity index (χ3n) is 4.63. The molecule has 164 valence electrons. The van der Waals surface area contributed by atoms with Crippen molar-refractivity contribution in [2.75, 3.05) is 26.7 Å². The van der Waals surface area contributed by atoms with Crippen LogP contribution in [0.3, 0.4) is 0 Å². The van der Waals surface area contributed by atoms with Crippen LogP contribution in [0.2, 0.25) is 0 Å². The number of ether oxygens (including phenoxy) is 1. The number of benzene rings is 1. The predicted molar refractivity (Wildman–Crippen MR) is 106 cm³/mol. The molecule has 0 radical (unpaired) electrons. The Balaban J connectivity index is 2.22. The zero-order chi connectivity index (χ0) is 22.4. The van der Waals surface area contributed by atoms with Gasteiger partial charge < -0.3 is 25.2 Å². The van der Waals surface area contributed by atoms with Crippen LogP contribution in [0.5, 0.6) is 0 Å². The third kappa shape index (κ3) is 5.68. The van der Waals surface area contributed by atoms with Crippen molar-refractivity contribution in [1.29, 1.82) is 0 Å². The molecule has 4 amide bonds. The van der Waals surface area contributed by atoms with E-state index >= 15 is 0 Å². The molecule has 1 aliphatic rings. The summed E-state index contributed by atoms with van der Waals surface area (Å²) in [5.74, 6) is -2.22. The van der Waals surface area contributed by atoms with Crippen molar-refractivity contribution < 1.29 is 28.3 Å². The summed E-state index contributed by atoms with van der Waals surface area (Å²) < 4.78 is 18.1. The fraction of sp³-hybridized carbons (Fsp3) is 0.500. The Kier molecular flexibility index (Phi) is 7.73. The van der Waals surface area contributed by atoms with Crippen molar-refractivity contribution in [1.82, 2.24) is 20.4 Å². The molecule has 2 N–H and O–H groups in total. The average molecular weight is 422 g/mol. The molecule has 2 atom stereocenters. The van der Waals surface area contributed by atoms with Crippen molar-refractivity contribution >= 4 is 23.8 Å². The molecule has 0 aliphatic carbocycles. The molecule has 1 aliphatic heterocycles. The van der Waals surface area contributed by atoms with Crippen LogP contribution in [-0.4, -0.2) is 78.5 Å². The van der Waals surface area contributed by atoms with Gasteiger partial charge in [0.05, 0.1) is 13.7 Å². The first-order valence-electron chi connectivity index (χ1n) is 9.64. The lowest BCUT2D eigenvalue weighted by Crippen LogP contribution is -2.64. The summed E-state index contributed by atoms with van der Waals surface area (Å²) in [6, 6.07) is 2.71. The molecule has 1 saturated heterocycles. The minimum Gasteiger partial charge on any atom is -0.467 e. The first-order valence-corrected chi connectivity index (χ1v) is 9.64. The molecule has 30 heavy (non-hydrogen) atoms. The number of carbonyl (C=O) groups excluding carboxylic acids is 4. The van der Waals surface area contributed by atoms with Gasteiger partial charge in [0.1, 0.15) is 17.9 Å². The molecule has 1 aromatic carbocycles. The molecule has 0 aromatic heterocycles. The Bertz CT molecular complexity index is 816. The summed E-state index contributed by atoms with van der Waals surface area (Å²) in [6.07, 6.45) is 0. The van der Waals surface area contributed by atoms with Crippen LogP contribution in [0.4, 0.5) is 9.18 Å². The van der Waals surface area contributed by atoms with Gasteiger partial charge in [-0.15, -0.1) is 0 Å². The number of hydrogen-bond donors (Lipinski definition) is 2. The largest absolute Gasteiger partial charge is 0.467 e. The van der Waals surface area contributed by atoms with E-state index < -0.39 is 41.7 Å². The summed E-state index contributed by atoms with van der Waals surface area (Å²) in [6.45, 7) is 5.22. The highest BCUT2D eigenvalue weighted by molar-refractivity contribution is 5.96. The lowest BCUT2D eigenvalue weighted by Gasteiger charge is -2.41. The van der Waals surface area contributed by atoms with E-state index in [0.29, 0.717) is 0 Å². The number of halogens is 1. The van der Waals surface area contributed by atoms with E-state index in [1.165, 1.54) is 42.0 Å². The predicted octanol–water partition coefficient (Wildman–Crippen LogP) is 0.748. The molecule has 2 rings (SSSR count). The molecule has 9 nitrogen and oxygen atoms in total. The van der Waals surface area contributed by atoms with Crippen LogP contribution in [0.1, 0.15) is 31.1 Å². The lowest BCUT2D eigenvalue weighted by atomic mass is 10.1.